The normalized spacial score (nSPS) is 10.5. The smallest absolute Gasteiger partial charge is 0.0590 e. The Kier molecular flexibility index (Phi) is 13.9. The SMILES string of the molecule is C=CCSCCNCCOCCCOC. The Labute approximate surface area is 97.6 Å². The van der Waals surface area contributed by atoms with Gasteiger partial charge in [0.1, 0.15) is 0 Å². The summed E-state index contributed by atoms with van der Waals surface area (Å²) in [6.45, 7) is 8.01. The highest BCUT2D eigenvalue weighted by molar-refractivity contribution is 7.99. The van der Waals surface area contributed by atoms with Crippen LogP contribution in [0.5, 0.6) is 0 Å². The molecule has 0 saturated carbocycles. The predicted molar refractivity (Wildman–Crippen MR) is 67.7 cm³/mol. The summed E-state index contributed by atoms with van der Waals surface area (Å²) in [6, 6.07) is 0. The van der Waals surface area contributed by atoms with Gasteiger partial charge in [0.15, 0.2) is 0 Å². The van der Waals surface area contributed by atoms with Crippen LogP contribution in [0.1, 0.15) is 6.42 Å². The fourth-order valence-electron chi connectivity index (χ4n) is 0.988. The van der Waals surface area contributed by atoms with Gasteiger partial charge in [0.25, 0.3) is 0 Å². The molecular formula is C11H23NO2S. The van der Waals surface area contributed by atoms with Crippen LogP contribution in [0.2, 0.25) is 0 Å². The number of thioether (sulfide) groups is 1. The summed E-state index contributed by atoms with van der Waals surface area (Å²) in [5.74, 6) is 2.17. The van der Waals surface area contributed by atoms with Crippen LogP contribution in [0.4, 0.5) is 0 Å². The monoisotopic (exact) mass is 233 g/mol. The second-order valence-corrected chi connectivity index (χ2v) is 4.22. The number of hydrogen-bond donors (Lipinski definition) is 1. The molecular weight excluding hydrogens is 210 g/mol. The van der Waals surface area contributed by atoms with Crippen molar-refractivity contribution in [3.8, 4) is 0 Å². The van der Waals surface area contributed by atoms with Crippen LogP contribution in [-0.4, -0.2) is 51.5 Å². The fourth-order valence-corrected chi connectivity index (χ4v) is 1.61. The first-order chi connectivity index (χ1) is 7.41. The zero-order valence-electron chi connectivity index (χ0n) is 9.67. The molecule has 3 nitrogen and oxygen atoms in total. The van der Waals surface area contributed by atoms with E-state index in [-0.39, 0.29) is 0 Å². The molecule has 0 saturated heterocycles. The third-order valence-corrected chi connectivity index (χ3v) is 2.68. The lowest BCUT2D eigenvalue weighted by Gasteiger charge is -2.05. The molecule has 1 N–H and O–H groups in total. The molecule has 0 aliphatic carbocycles. The first-order valence-electron chi connectivity index (χ1n) is 5.38. The van der Waals surface area contributed by atoms with Crippen LogP contribution >= 0.6 is 11.8 Å². The van der Waals surface area contributed by atoms with Gasteiger partial charge in [0.05, 0.1) is 6.61 Å². The molecule has 0 aliphatic rings. The summed E-state index contributed by atoms with van der Waals surface area (Å²) in [4.78, 5) is 0. The molecule has 0 atom stereocenters. The van der Waals surface area contributed by atoms with E-state index in [4.69, 9.17) is 9.47 Å². The zero-order valence-corrected chi connectivity index (χ0v) is 10.5. The van der Waals surface area contributed by atoms with Crippen LogP contribution in [-0.2, 0) is 9.47 Å². The first-order valence-corrected chi connectivity index (χ1v) is 6.53. The quantitative estimate of drug-likeness (QED) is 0.409. The Morgan fingerprint density at radius 1 is 1.27 bits per heavy atom. The number of hydrogen-bond acceptors (Lipinski definition) is 4. The molecule has 0 aromatic carbocycles. The molecule has 0 bridgehead atoms. The van der Waals surface area contributed by atoms with E-state index in [9.17, 15) is 0 Å². The highest BCUT2D eigenvalue weighted by Crippen LogP contribution is 1.96. The third kappa shape index (κ3) is 14.0. The van der Waals surface area contributed by atoms with Crippen molar-refractivity contribution < 1.29 is 9.47 Å². The van der Waals surface area contributed by atoms with E-state index in [1.165, 1.54) is 0 Å². The number of nitrogens with one attached hydrogen (secondary N) is 1. The maximum atomic E-state index is 5.40. The largest absolute Gasteiger partial charge is 0.385 e. The second kappa shape index (κ2) is 14.0. The molecule has 0 spiro atoms. The highest BCUT2D eigenvalue weighted by Gasteiger charge is 1.90. The molecule has 0 rings (SSSR count). The van der Waals surface area contributed by atoms with Crippen LogP contribution < -0.4 is 5.32 Å². The maximum Gasteiger partial charge on any atom is 0.0590 e. The van der Waals surface area contributed by atoms with Crippen molar-refractivity contribution in [1.82, 2.24) is 5.32 Å². The van der Waals surface area contributed by atoms with Crippen molar-refractivity contribution in [2.45, 2.75) is 6.42 Å². The molecule has 90 valence electrons. The van der Waals surface area contributed by atoms with Gasteiger partial charge in [-0.05, 0) is 6.42 Å². The minimum Gasteiger partial charge on any atom is -0.385 e. The van der Waals surface area contributed by atoms with Gasteiger partial charge in [-0.3, -0.25) is 0 Å². The molecule has 0 aromatic heterocycles. The Balaban J connectivity index is 2.83. The minimum absolute atomic E-state index is 0.783. The van der Waals surface area contributed by atoms with Crippen LogP contribution in [0, 0.1) is 0 Å². The fraction of sp³-hybridized carbons (Fsp3) is 0.818. The molecule has 0 unspecified atom stereocenters. The van der Waals surface area contributed by atoms with E-state index >= 15 is 0 Å². The molecule has 4 heteroatoms. The van der Waals surface area contributed by atoms with E-state index in [0.717, 1.165) is 50.8 Å². The van der Waals surface area contributed by atoms with Crippen molar-refractivity contribution in [3.63, 3.8) is 0 Å². The van der Waals surface area contributed by atoms with E-state index in [2.05, 4.69) is 11.9 Å². The maximum absolute atomic E-state index is 5.40. The predicted octanol–water partition coefficient (Wildman–Crippen LogP) is 1.55. The van der Waals surface area contributed by atoms with Crippen molar-refractivity contribution in [1.29, 1.82) is 0 Å². The molecule has 0 radical (unpaired) electrons. The number of ether oxygens (including phenoxy) is 2. The van der Waals surface area contributed by atoms with Gasteiger partial charge in [0.2, 0.25) is 0 Å². The average molecular weight is 233 g/mol. The lowest BCUT2D eigenvalue weighted by molar-refractivity contribution is 0.104. The molecule has 0 aromatic rings. The Morgan fingerprint density at radius 2 is 2.13 bits per heavy atom. The Bertz CT molecular complexity index is 134. The van der Waals surface area contributed by atoms with Crippen LogP contribution in [0.3, 0.4) is 0 Å². The van der Waals surface area contributed by atoms with Crippen LogP contribution in [0.15, 0.2) is 12.7 Å². The highest BCUT2D eigenvalue weighted by atomic mass is 32.2. The lowest BCUT2D eigenvalue weighted by atomic mass is 10.5. The summed E-state index contributed by atoms with van der Waals surface area (Å²) in [7, 11) is 1.71. The van der Waals surface area contributed by atoms with Crippen molar-refractivity contribution in [2.75, 3.05) is 51.5 Å². The van der Waals surface area contributed by atoms with E-state index in [0.29, 0.717) is 0 Å². The van der Waals surface area contributed by atoms with E-state index in [1.54, 1.807) is 7.11 Å². The summed E-state index contributed by atoms with van der Waals surface area (Å²) in [5.41, 5.74) is 0. The summed E-state index contributed by atoms with van der Waals surface area (Å²) < 4.78 is 10.3. The third-order valence-electron chi connectivity index (χ3n) is 1.72. The lowest BCUT2D eigenvalue weighted by Crippen LogP contribution is -2.22. The van der Waals surface area contributed by atoms with Gasteiger partial charge in [-0.1, -0.05) is 6.08 Å². The van der Waals surface area contributed by atoms with Gasteiger partial charge in [-0.2, -0.15) is 11.8 Å². The molecule has 15 heavy (non-hydrogen) atoms. The first kappa shape index (κ1) is 15.0. The van der Waals surface area contributed by atoms with Gasteiger partial charge < -0.3 is 14.8 Å². The second-order valence-electron chi connectivity index (χ2n) is 3.07. The number of rotatable bonds is 12. The van der Waals surface area contributed by atoms with Gasteiger partial charge in [-0.25, -0.2) is 0 Å². The van der Waals surface area contributed by atoms with Gasteiger partial charge in [-0.15, -0.1) is 6.58 Å². The van der Waals surface area contributed by atoms with Crippen molar-refractivity contribution in [2.24, 2.45) is 0 Å². The number of methoxy groups -OCH3 is 1. The van der Waals surface area contributed by atoms with E-state index < -0.39 is 0 Å². The Morgan fingerprint density at radius 3 is 2.87 bits per heavy atom. The minimum atomic E-state index is 0.783. The standard InChI is InChI=1S/C11H23NO2S/c1-3-10-15-11-6-12-5-9-14-8-4-7-13-2/h3,12H,1,4-11H2,2H3. The van der Waals surface area contributed by atoms with E-state index in [1.807, 2.05) is 17.8 Å². The summed E-state index contributed by atoms with van der Waals surface area (Å²) in [5, 5.41) is 3.32. The summed E-state index contributed by atoms with van der Waals surface area (Å²) in [6.07, 6.45) is 2.91. The van der Waals surface area contributed by atoms with Crippen molar-refractivity contribution >= 4 is 11.8 Å². The molecule has 0 fully saturated rings. The Hall–Kier alpha value is -0.0300. The molecule has 0 aliphatic heterocycles. The van der Waals surface area contributed by atoms with Gasteiger partial charge in [0, 0.05) is 44.9 Å². The van der Waals surface area contributed by atoms with Crippen LogP contribution in [0.25, 0.3) is 0 Å². The molecule has 0 amide bonds. The average Bonchev–Trinajstić information content (AvgIpc) is 2.26. The molecule has 0 heterocycles. The van der Waals surface area contributed by atoms with Gasteiger partial charge >= 0.3 is 0 Å². The summed E-state index contributed by atoms with van der Waals surface area (Å²) >= 11 is 1.89. The van der Waals surface area contributed by atoms with Crippen molar-refractivity contribution in [3.05, 3.63) is 12.7 Å². The zero-order chi connectivity index (χ0) is 11.2. The topological polar surface area (TPSA) is 30.5 Å².